The summed E-state index contributed by atoms with van der Waals surface area (Å²) in [4.78, 5) is 12.6. The molecule has 2 rings (SSSR count). The van der Waals surface area contributed by atoms with E-state index in [-0.39, 0.29) is 5.56 Å². The van der Waals surface area contributed by atoms with E-state index in [1.165, 1.54) is 6.07 Å². The van der Waals surface area contributed by atoms with Gasteiger partial charge in [0, 0.05) is 13.1 Å². The van der Waals surface area contributed by atoms with Crippen molar-refractivity contribution in [3.05, 3.63) is 29.6 Å². The second-order valence-corrected chi connectivity index (χ2v) is 3.67. The van der Waals surface area contributed by atoms with Crippen LogP contribution in [-0.2, 0) is 0 Å². The summed E-state index contributed by atoms with van der Waals surface area (Å²) in [7, 11) is 0. The molecular formula is C11H12FNO2. The Bertz CT molecular complexity index is 386. The van der Waals surface area contributed by atoms with Crippen LogP contribution in [0.3, 0.4) is 0 Å². The first-order valence-corrected chi connectivity index (χ1v) is 4.96. The number of aromatic carboxylic acids is 1. The van der Waals surface area contributed by atoms with E-state index in [2.05, 4.69) is 0 Å². The van der Waals surface area contributed by atoms with Crippen LogP contribution in [0.1, 0.15) is 23.2 Å². The van der Waals surface area contributed by atoms with Crippen LogP contribution in [0.15, 0.2) is 18.2 Å². The Balaban J connectivity index is 2.29. The van der Waals surface area contributed by atoms with Crippen molar-refractivity contribution in [2.45, 2.75) is 12.8 Å². The number of carboxylic acid groups (broad SMARTS) is 1. The second kappa shape index (κ2) is 3.88. The first-order chi connectivity index (χ1) is 7.18. The molecule has 0 atom stereocenters. The molecule has 0 aliphatic carbocycles. The van der Waals surface area contributed by atoms with Gasteiger partial charge in [0.15, 0.2) is 0 Å². The van der Waals surface area contributed by atoms with Crippen LogP contribution in [0.4, 0.5) is 10.1 Å². The van der Waals surface area contributed by atoms with Crippen molar-refractivity contribution in [2.75, 3.05) is 18.0 Å². The van der Waals surface area contributed by atoms with E-state index in [9.17, 15) is 9.18 Å². The standard InChI is InChI=1S/C11H12FNO2/c12-9-7-8(11(14)15)3-4-10(9)13-5-1-2-6-13/h3-4,7H,1-2,5-6H2,(H,14,15). The van der Waals surface area contributed by atoms with Crippen LogP contribution in [0.5, 0.6) is 0 Å². The molecule has 3 nitrogen and oxygen atoms in total. The zero-order valence-electron chi connectivity index (χ0n) is 8.24. The third kappa shape index (κ3) is 1.93. The number of hydrogen-bond acceptors (Lipinski definition) is 2. The number of carbonyl (C=O) groups is 1. The molecule has 1 aromatic carbocycles. The summed E-state index contributed by atoms with van der Waals surface area (Å²) in [6, 6.07) is 4.07. The third-order valence-corrected chi connectivity index (χ3v) is 2.64. The average molecular weight is 209 g/mol. The van der Waals surface area contributed by atoms with Crippen LogP contribution in [-0.4, -0.2) is 24.2 Å². The van der Waals surface area contributed by atoms with E-state index in [0.717, 1.165) is 32.0 Å². The molecule has 0 amide bonds. The van der Waals surface area contributed by atoms with E-state index in [1.807, 2.05) is 4.90 Å². The van der Waals surface area contributed by atoms with Gasteiger partial charge < -0.3 is 10.0 Å². The smallest absolute Gasteiger partial charge is 0.335 e. The Morgan fingerprint density at radius 3 is 2.53 bits per heavy atom. The van der Waals surface area contributed by atoms with Crippen molar-refractivity contribution in [1.29, 1.82) is 0 Å². The zero-order valence-corrected chi connectivity index (χ0v) is 8.24. The molecule has 0 spiro atoms. The van der Waals surface area contributed by atoms with E-state index < -0.39 is 11.8 Å². The van der Waals surface area contributed by atoms with E-state index >= 15 is 0 Å². The Morgan fingerprint density at radius 2 is 2.00 bits per heavy atom. The van der Waals surface area contributed by atoms with Gasteiger partial charge in [-0.25, -0.2) is 9.18 Å². The Morgan fingerprint density at radius 1 is 1.33 bits per heavy atom. The van der Waals surface area contributed by atoms with Gasteiger partial charge in [-0.1, -0.05) is 0 Å². The normalized spacial score (nSPS) is 15.7. The number of hydrogen-bond donors (Lipinski definition) is 1. The summed E-state index contributed by atoms with van der Waals surface area (Å²) < 4.78 is 13.6. The molecule has 0 bridgehead atoms. The van der Waals surface area contributed by atoms with E-state index in [1.54, 1.807) is 6.07 Å². The largest absolute Gasteiger partial charge is 0.478 e. The highest BCUT2D eigenvalue weighted by Gasteiger charge is 2.17. The van der Waals surface area contributed by atoms with Gasteiger partial charge in [0.1, 0.15) is 5.82 Å². The highest BCUT2D eigenvalue weighted by molar-refractivity contribution is 5.88. The van der Waals surface area contributed by atoms with Gasteiger partial charge in [-0.3, -0.25) is 0 Å². The average Bonchev–Trinajstić information content (AvgIpc) is 2.70. The molecule has 1 aliphatic rings. The van der Waals surface area contributed by atoms with Gasteiger partial charge >= 0.3 is 5.97 Å². The predicted molar refractivity (Wildman–Crippen MR) is 54.8 cm³/mol. The van der Waals surface area contributed by atoms with Gasteiger partial charge in [0.25, 0.3) is 0 Å². The second-order valence-electron chi connectivity index (χ2n) is 3.67. The lowest BCUT2D eigenvalue weighted by Crippen LogP contribution is -2.19. The van der Waals surface area contributed by atoms with Gasteiger partial charge in [-0.05, 0) is 31.0 Å². The van der Waals surface area contributed by atoms with Crippen LogP contribution in [0.25, 0.3) is 0 Å². The fraction of sp³-hybridized carbons (Fsp3) is 0.364. The van der Waals surface area contributed by atoms with Crippen LogP contribution in [0, 0.1) is 5.82 Å². The molecule has 0 aromatic heterocycles. The van der Waals surface area contributed by atoms with Gasteiger partial charge in [-0.15, -0.1) is 0 Å². The molecule has 1 saturated heterocycles. The molecule has 1 aliphatic heterocycles. The summed E-state index contributed by atoms with van der Waals surface area (Å²) in [5.74, 6) is -1.54. The predicted octanol–water partition coefficient (Wildman–Crippen LogP) is 2.12. The molecule has 15 heavy (non-hydrogen) atoms. The summed E-state index contributed by atoms with van der Waals surface area (Å²) in [6.45, 7) is 1.70. The monoisotopic (exact) mass is 209 g/mol. The first kappa shape index (κ1) is 9.96. The number of anilines is 1. The molecule has 1 N–H and O–H groups in total. The summed E-state index contributed by atoms with van der Waals surface area (Å²) in [5, 5.41) is 8.69. The van der Waals surface area contributed by atoms with Crippen molar-refractivity contribution in [3.8, 4) is 0 Å². The quantitative estimate of drug-likeness (QED) is 0.811. The van der Waals surface area contributed by atoms with Crippen LogP contribution < -0.4 is 4.90 Å². The number of rotatable bonds is 2. The number of halogens is 1. The molecule has 0 radical (unpaired) electrons. The minimum Gasteiger partial charge on any atom is -0.478 e. The minimum absolute atomic E-state index is 0.00422. The van der Waals surface area contributed by atoms with Gasteiger partial charge in [0.05, 0.1) is 11.3 Å². The molecule has 80 valence electrons. The fourth-order valence-electron chi connectivity index (χ4n) is 1.85. The summed E-state index contributed by atoms with van der Waals surface area (Å²) in [5.41, 5.74) is 0.507. The summed E-state index contributed by atoms with van der Waals surface area (Å²) in [6.07, 6.45) is 2.14. The fourth-order valence-corrected chi connectivity index (χ4v) is 1.85. The molecule has 0 saturated carbocycles. The number of nitrogens with zero attached hydrogens (tertiary/aromatic N) is 1. The lowest BCUT2D eigenvalue weighted by molar-refractivity contribution is 0.0696. The minimum atomic E-state index is -1.10. The van der Waals surface area contributed by atoms with Crippen molar-refractivity contribution >= 4 is 11.7 Å². The topological polar surface area (TPSA) is 40.5 Å². The number of carboxylic acids is 1. The van der Waals surface area contributed by atoms with Crippen molar-refractivity contribution in [1.82, 2.24) is 0 Å². The lowest BCUT2D eigenvalue weighted by atomic mass is 10.2. The Hall–Kier alpha value is -1.58. The van der Waals surface area contributed by atoms with Crippen molar-refractivity contribution in [3.63, 3.8) is 0 Å². The van der Waals surface area contributed by atoms with Gasteiger partial charge in [0.2, 0.25) is 0 Å². The highest BCUT2D eigenvalue weighted by atomic mass is 19.1. The maximum atomic E-state index is 13.6. The first-order valence-electron chi connectivity index (χ1n) is 4.96. The molecular weight excluding hydrogens is 197 g/mol. The van der Waals surface area contributed by atoms with Crippen LogP contribution in [0.2, 0.25) is 0 Å². The summed E-state index contributed by atoms with van der Waals surface area (Å²) >= 11 is 0. The maximum Gasteiger partial charge on any atom is 0.335 e. The van der Waals surface area contributed by atoms with Crippen LogP contribution >= 0.6 is 0 Å². The number of benzene rings is 1. The highest BCUT2D eigenvalue weighted by Crippen LogP contribution is 2.24. The van der Waals surface area contributed by atoms with E-state index in [4.69, 9.17) is 5.11 Å². The molecule has 1 heterocycles. The molecule has 1 fully saturated rings. The van der Waals surface area contributed by atoms with Crippen molar-refractivity contribution in [2.24, 2.45) is 0 Å². The molecule has 0 unspecified atom stereocenters. The van der Waals surface area contributed by atoms with E-state index in [0.29, 0.717) is 5.69 Å². The lowest BCUT2D eigenvalue weighted by Gasteiger charge is -2.18. The maximum absolute atomic E-state index is 13.6. The zero-order chi connectivity index (χ0) is 10.8. The molecule has 1 aromatic rings. The Kier molecular flexibility index (Phi) is 2.58. The van der Waals surface area contributed by atoms with Crippen molar-refractivity contribution < 1.29 is 14.3 Å². The van der Waals surface area contributed by atoms with Gasteiger partial charge in [-0.2, -0.15) is 0 Å². The Labute approximate surface area is 87.1 Å². The third-order valence-electron chi connectivity index (χ3n) is 2.64. The molecule has 4 heteroatoms. The SMILES string of the molecule is O=C(O)c1ccc(N2CCCC2)c(F)c1.